The van der Waals surface area contributed by atoms with Gasteiger partial charge in [-0.15, -0.1) is 0 Å². The maximum Gasteiger partial charge on any atom is 0.252 e. The molecular weight excluding hydrogens is 368 g/mol. The zero-order chi connectivity index (χ0) is 19.8. The summed E-state index contributed by atoms with van der Waals surface area (Å²) in [6, 6.07) is 8.09. The number of amides is 1. The zero-order valence-corrected chi connectivity index (χ0v) is 16.1. The number of hydrogen-bond acceptors (Lipinski definition) is 5. The van der Waals surface area contributed by atoms with Crippen LogP contribution in [0.5, 0.6) is 5.75 Å². The second kappa shape index (κ2) is 7.19. The molecule has 0 spiro atoms. The van der Waals surface area contributed by atoms with E-state index in [2.05, 4.69) is 0 Å². The minimum absolute atomic E-state index is 0.0967. The number of carbonyl (C=O) groups is 2. The molecule has 1 aromatic heterocycles. The maximum absolute atomic E-state index is 12.7. The predicted octanol–water partition coefficient (Wildman–Crippen LogP) is 1.83. The Morgan fingerprint density at radius 3 is 2.56 bits per heavy atom. The Labute approximate surface area is 158 Å². The standard InChI is InChI=1S/C19H22N2O5S/c1-12-9-16(13(2)21(12)14-7-8-27(24,25)11-14)17(22)10-26-18-6-4-3-5-15(18)19(20)23/h3-6,9,14H,7-8,10-11H2,1-2H3,(H2,20,23)/t14-/m1/s1. The molecule has 144 valence electrons. The lowest BCUT2D eigenvalue weighted by Crippen LogP contribution is -2.18. The number of Topliss-reactive ketones (excluding diaryl/α,β-unsaturated/α-hetero) is 1. The minimum atomic E-state index is -3.02. The molecule has 3 rings (SSSR count). The van der Waals surface area contributed by atoms with Gasteiger partial charge in [-0.2, -0.15) is 0 Å². The molecule has 1 aliphatic rings. The van der Waals surface area contributed by atoms with Crippen LogP contribution in [0.1, 0.15) is 44.6 Å². The first kappa shape index (κ1) is 19.2. The summed E-state index contributed by atoms with van der Waals surface area (Å²) in [6.07, 6.45) is 0.550. The Hall–Kier alpha value is -2.61. The fourth-order valence-corrected chi connectivity index (χ4v) is 5.32. The van der Waals surface area contributed by atoms with E-state index < -0.39 is 15.7 Å². The van der Waals surface area contributed by atoms with Crippen molar-refractivity contribution in [1.82, 2.24) is 4.57 Å². The second-order valence-electron chi connectivity index (χ2n) is 6.78. The molecule has 0 bridgehead atoms. The lowest BCUT2D eigenvalue weighted by Gasteiger charge is -2.16. The van der Waals surface area contributed by atoms with E-state index in [4.69, 9.17) is 10.5 Å². The lowest BCUT2D eigenvalue weighted by atomic mass is 10.1. The fourth-order valence-electron chi connectivity index (χ4n) is 3.62. The van der Waals surface area contributed by atoms with Gasteiger partial charge in [-0.25, -0.2) is 8.42 Å². The number of aryl methyl sites for hydroxylation is 1. The average Bonchev–Trinajstić information content (AvgIpc) is 3.11. The van der Waals surface area contributed by atoms with Crippen LogP contribution in [0.3, 0.4) is 0 Å². The van der Waals surface area contributed by atoms with E-state index in [-0.39, 0.29) is 41.3 Å². The molecule has 1 atom stereocenters. The number of aromatic nitrogens is 1. The number of primary amides is 1. The number of benzene rings is 1. The second-order valence-corrected chi connectivity index (χ2v) is 9.01. The minimum Gasteiger partial charge on any atom is -0.485 e. The van der Waals surface area contributed by atoms with Gasteiger partial charge < -0.3 is 15.0 Å². The van der Waals surface area contributed by atoms with E-state index in [0.29, 0.717) is 12.0 Å². The highest BCUT2D eigenvalue weighted by molar-refractivity contribution is 7.91. The van der Waals surface area contributed by atoms with Crippen molar-refractivity contribution in [3.05, 3.63) is 52.8 Å². The van der Waals surface area contributed by atoms with Crippen LogP contribution in [0.2, 0.25) is 0 Å². The molecule has 1 saturated heterocycles. The molecule has 2 aromatic rings. The smallest absolute Gasteiger partial charge is 0.252 e. The molecule has 2 N–H and O–H groups in total. The summed E-state index contributed by atoms with van der Waals surface area (Å²) in [4.78, 5) is 24.1. The summed E-state index contributed by atoms with van der Waals surface area (Å²) < 4.78 is 31.0. The van der Waals surface area contributed by atoms with Crippen LogP contribution in [0, 0.1) is 13.8 Å². The number of para-hydroxylation sites is 1. The van der Waals surface area contributed by atoms with Gasteiger partial charge in [-0.05, 0) is 38.5 Å². The van der Waals surface area contributed by atoms with Gasteiger partial charge in [0.15, 0.2) is 16.4 Å². The highest BCUT2D eigenvalue weighted by Crippen LogP contribution is 2.29. The van der Waals surface area contributed by atoms with E-state index in [1.165, 1.54) is 6.07 Å². The van der Waals surface area contributed by atoms with Crippen molar-refractivity contribution < 1.29 is 22.7 Å². The molecule has 1 fully saturated rings. The van der Waals surface area contributed by atoms with Crippen molar-refractivity contribution in [2.45, 2.75) is 26.3 Å². The molecule has 0 saturated carbocycles. The highest BCUT2D eigenvalue weighted by atomic mass is 32.2. The SMILES string of the molecule is Cc1cc(C(=O)COc2ccccc2C(N)=O)c(C)n1[C@@H]1CCS(=O)(=O)C1. The van der Waals surface area contributed by atoms with Gasteiger partial charge >= 0.3 is 0 Å². The summed E-state index contributed by atoms with van der Waals surface area (Å²) >= 11 is 0. The van der Waals surface area contributed by atoms with E-state index in [1.807, 2.05) is 18.4 Å². The molecular formula is C19H22N2O5S. The highest BCUT2D eigenvalue weighted by Gasteiger charge is 2.31. The average molecular weight is 390 g/mol. The van der Waals surface area contributed by atoms with Gasteiger partial charge in [0.05, 0.1) is 17.1 Å². The van der Waals surface area contributed by atoms with Gasteiger partial charge in [0.2, 0.25) is 5.78 Å². The van der Waals surface area contributed by atoms with Gasteiger partial charge in [-0.3, -0.25) is 9.59 Å². The quantitative estimate of drug-likeness (QED) is 0.757. The number of rotatable bonds is 6. The van der Waals surface area contributed by atoms with Crippen molar-refractivity contribution in [2.75, 3.05) is 18.1 Å². The van der Waals surface area contributed by atoms with Crippen LogP contribution in [0.4, 0.5) is 0 Å². The molecule has 1 amide bonds. The molecule has 2 heterocycles. The summed E-state index contributed by atoms with van der Waals surface area (Å²) in [5.74, 6) is -0.341. The summed E-state index contributed by atoms with van der Waals surface area (Å²) in [6.45, 7) is 3.43. The van der Waals surface area contributed by atoms with Crippen molar-refractivity contribution in [3.63, 3.8) is 0 Å². The van der Waals surface area contributed by atoms with Crippen LogP contribution in [0.25, 0.3) is 0 Å². The first-order valence-corrected chi connectivity index (χ1v) is 10.5. The third-order valence-electron chi connectivity index (χ3n) is 4.87. The Bertz CT molecular complexity index is 1010. The third kappa shape index (κ3) is 3.90. The van der Waals surface area contributed by atoms with Crippen LogP contribution in [-0.4, -0.2) is 42.8 Å². The van der Waals surface area contributed by atoms with Gasteiger partial charge in [0.25, 0.3) is 5.91 Å². The number of nitrogens with two attached hydrogens (primary N) is 1. The zero-order valence-electron chi connectivity index (χ0n) is 15.3. The monoisotopic (exact) mass is 390 g/mol. The van der Waals surface area contributed by atoms with Crippen LogP contribution >= 0.6 is 0 Å². The number of nitrogens with zero attached hydrogens (tertiary/aromatic N) is 1. The Morgan fingerprint density at radius 1 is 1.22 bits per heavy atom. The topological polar surface area (TPSA) is 108 Å². The number of carbonyl (C=O) groups excluding carboxylic acids is 2. The molecule has 1 aromatic carbocycles. The lowest BCUT2D eigenvalue weighted by molar-refractivity contribution is 0.0911. The normalized spacial score (nSPS) is 18.4. The van der Waals surface area contributed by atoms with E-state index in [9.17, 15) is 18.0 Å². The third-order valence-corrected chi connectivity index (χ3v) is 6.62. The first-order valence-electron chi connectivity index (χ1n) is 8.63. The summed E-state index contributed by atoms with van der Waals surface area (Å²) in [5.41, 5.74) is 7.59. The van der Waals surface area contributed by atoms with E-state index in [1.54, 1.807) is 24.3 Å². The summed E-state index contributed by atoms with van der Waals surface area (Å²) in [7, 11) is -3.02. The van der Waals surface area contributed by atoms with Gasteiger partial charge in [0, 0.05) is 23.0 Å². The summed E-state index contributed by atoms with van der Waals surface area (Å²) in [5, 5.41) is 0. The van der Waals surface area contributed by atoms with Crippen molar-refractivity contribution in [1.29, 1.82) is 0 Å². The van der Waals surface area contributed by atoms with Crippen LogP contribution in [0.15, 0.2) is 30.3 Å². The van der Waals surface area contributed by atoms with Gasteiger partial charge in [-0.1, -0.05) is 12.1 Å². The fraction of sp³-hybridized carbons (Fsp3) is 0.368. The number of ether oxygens (including phenoxy) is 1. The Balaban J connectivity index is 1.79. The van der Waals surface area contributed by atoms with Crippen molar-refractivity contribution in [2.24, 2.45) is 5.73 Å². The number of ketones is 1. The van der Waals surface area contributed by atoms with Gasteiger partial charge in [0.1, 0.15) is 5.75 Å². The number of hydrogen-bond donors (Lipinski definition) is 1. The first-order chi connectivity index (χ1) is 12.7. The van der Waals surface area contributed by atoms with Crippen LogP contribution in [-0.2, 0) is 9.84 Å². The number of sulfone groups is 1. The largest absolute Gasteiger partial charge is 0.485 e. The molecule has 0 aliphatic carbocycles. The molecule has 8 heteroatoms. The molecule has 7 nitrogen and oxygen atoms in total. The van der Waals surface area contributed by atoms with E-state index in [0.717, 1.165) is 11.4 Å². The molecule has 0 radical (unpaired) electrons. The predicted molar refractivity (Wildman–Crippen MR) is 101 cm³/mol. The Kier molecular flexibility index (Phi) is 5.10. The van der Waals surface area contributed by atoms with Crippen molar-refractivity contribution in [3.8, 4) is 5.75 Å². The maximum atomic E-state index is 12.7. The molecule has 27 heavy (non-hydrogen) atoms. The Morgan fingerprint density at radius 2 is 1.93 bits per heavy atom. The molecule has 0 unspecified atom stereocenters. The van der Waals surface area contributed by atoms with Crippen molar-refractivity contribution >= 4 is 21.5 Å². The van der Waals surface area contributed by atoms with E-state index >= 15 is 0 Å². The van der Waals surface area contributed by atoms with Crippen LogP contribution < -0.4 is 10.5 Å². The molecule has 1 aliphatic heterocycles.